The van der Waals surface area contributed by atoms with Crippen molar-refractivity contribution in [2.75, 3.05) is 6.61 Å². The van der Waals surface area contributed by atoms with E-state index in [4.69, 9.17) is 9.47 Å². The Kier molecular flexibility index (Phi) is 7.31. The molecule has 0 saturated carbocycles. The summed E-state index contributed by atoms with van der Waals surface area (Å²) < 4.78 is 23.5. The number of halogens is 1. The molecule has 0 fully saturated rings. The summed E-state index contributed by atoms with van der Waals surface area (Å²) in [6.07, 6.45) is 0. The number of hydrazine groups is 1. The van der Waals surface area contributed by atoms with Crippen molar-refractivity contribution in [3.8, 4) is 5.75 Å². The number of ether oxygens (including phenoxy) is 2. The van der Waals surface area contributed by atoms with Crippen LogP contribution in [0.5, 0.6) is 5.75 Å². The Morgan fingerprint density at radius 1 is 0.806 bits per heavy atom. The molecule has 3 aromatic rings. The first-order chi connectivity index (χ1) is 15.0. The van der Waals surface area contributed by atoms with Gasteiger partial charge < -0.3 is 9.47 Å². The second-order valence-corrected chi connectivity index (χ2v) is 6.39. The number of nitrogens with one attached hydrogen (secondary N) is 2. The summed E-state index contributed by atoms with van der Waals surface area (Å²) in [7, 11) is 0. The third-order valence-electron chi connectivity index (χ3n) is 4.07. The molecular weight excluding hydrogens is 403 g/mol. The summed E-state index contributed by atoms with van der Waals surface area (Å²) in [6.45, 7) is -0.378. The van der Waals surface area contributed by atoms with Crippen LogP contribution < -0.4 is 15.6 Å². The number of hydrogen-bond acceptors (Lipinski definition) is 5. The SMILES string of the molecule is O=C(COC(=O)c1cccc(OCc2ccc(F)cc2)c1)NNC(=O)c1ccccc1. The average Bonchev–Trinajstić information content (AvgIpc) is 2.81. The summed E-state index contributed by atoms with van der Waals surface area (Å²) in [5.41, 5.74) is 5.74. The minimum atomic E-state index is -0.725. The summed E-state index contributed by atoms with van der Waals surface area (Å²) in [6, 6.07) is 20.4. The lowest BCUT2D eigenvalue weighted by Gasteiger charge is -2.09. The van der Waals surface area contributed by atoms with Gasteiger partial charge in [-0.3, -0.25) is 20.4 Å². The first kappa shape index (κ1) is 21.5. The molecule has 0 radical (unpaired) electrons. The summed E-state index contributed by atoms with van der Waals surface area (Å²) in [5.74, 6) is -1.83. The van der Waals surface area contributed by atoms with E-state index >= 15 is 0 Å². The first-order valence-electron chi connectivity index (χ1n) is 9.30. The van der Waals surface area contributed by atoms with Crippen LogP contribution >= 0.6 is 0 Å². The molecule has 2 N–H and O–H groups in total. The van der Waals surface area contributed by atoms with Gasteiger partial charge in [0.25, 0.3) is 11.8 Å². The lowest BCUT2D eigenvalue weighted by molar-refractivity contribution is -0.125. The highest BCUT2D eigenvalue weighted by Gasteiger charge is 2.12. The highest BCUT2D eigenvalue weighted by Crippen LogP contribution is 2.16. The lowest BCUT2D eigenvalue weighted by atomic mass is 10.2. The van der Waals surface area contributed by atoms with Gasteiger partial charge in [-0.25, -0.2) is 9.18 Å². The third kappa shape index (κ3) is 6.67. The van der Waals surface area contributed by atoms with Crippen molar-refractivity contribution in [1.29, 1.82) is 0 Å². The maximum atomic E-state index is 12.9. The Bertz CT molecular complexity index is 1060. The zero-order chi connectivity index (χ0) is 22.1. The van der Waals surface area contributed by atoms with Gasteiger partial charge in [-0.05, 0) is 48.0 Å². The fraction of sp³-hybridized carbons (Fsp3) is 0.0870. The Balaban J connectivity index is 1.45. The standard InChI is InChI=1S/C23H19FN2O5/c24-19-11-9-16(10-12-19)14-30-20-8-4-7-18(13-20)23(29)31-15-21(27)25-26-22(28)17-5-2-1-3-6-17/h1-13H,14-15H2,(H,25,27)(H,26,28). The van der Waals surface area contributed by atoms with Crippen molar-refractivity contribution in [3.63, 3.8) is 0 Å². The first-order valence-corrected chi connectivity index (χ1v) is 9.30. The molecule has 3 rings (SSSR count). The molecule has 3 aromatic carbocycles. The van der Waals surface area contributed by atoms with Crippen LogP contribution in [0, 0.1) is 5.82 Å². The van der Waals surface area contributed by atoms with E-state index in [9.17, 15) is 18.8 Å². The maximum Gasteiger partial charge on any atom is 0.338 e. The zero-order valence-corrected chi connectivity index (χ0v) is 16.3. The van der Waals surface area contributed by atoms with Crippen LogP contribution in [0.1, 0.15) is 26.3 Å². The van der Waals surface area contributed by atoms with Crippen LogP contribution in [0.2, 0.25) is 0 Å². The molecule has 2 amide bonds. The second kappa shape index (κ2) is 10.5. The molecule has 0 saturated heterocycles. The average molecular weight is 422 g/mol. The van der Waals surface area contributed by atoms with Crippen molar-refractivity contribution in [3.05, 3.63) is 101 Å². The van der Waals surface area contributed by atoms with Crippen LogP contribution in [0.4, 0.5) is 4.39 Å². The number of benzene rings is 3. The summed E-state index contributed by atoms with van der Waals surface area (Å²) in [5, 5.41) is 0. The number of carbonyl (C=O) groups is 3. The number of rotatable bonds is 7. The van der Waals surface area contributed by atoms with E-state index in [1.165, 1.54) is 24.3 Å². The molecule has 0 atom stereocenters. The van der Waals surface area contributed by atoms with Gasteiger partial charge in [0, 0.05) is 5.56 Å². The zero-order valence-electron chi connectivity index (χ0n) is 16.3. The molecule has 0 aromatic heterocycles. The van der Waals surface area contributed by atoms with Crippen LogP contribution in [-0.2, 0) is 16.1 Å². The van der Waals surface area contributed by atoms with Gasteiger partial charge in [0.1, 0.15) is 18.2 Å². The normalized spacial score (nSPS) is 10.1. The van der Waals surface area contributed by atoms with Crippen LogP contribution in [0.15, 0.2) is 78.9 Å². The maximum absolute atomic E-state index is 12.9. The highest BCUT2D eigenvalue weighted by atomic mass is 19.1. The highest BCUT2D eigenvalue weighted by molar-refractivity contribution is 5.96. The van der Waals surface area contributed by atoms with Crippen molar-refractivity contribution >= 4 is 17.8 Å². The van der Waals surface area contributed by atoms with E-state index in [0.717, 1.165) is 5.56 Å². The molecule has 0 heterocycles. The van der Waals surface area contributed by atoms with E-state index < -0.39 is 24.4 Å². The van der Waals surface area contributed by atoms with Gasteiger partial charge in [0.15, 0.2) is 6.61 Å². The van der Waals surface area contributed by atoms with Crippen molar-refractivity contribution < 1.29 is 28.2 Å². The quantitative estimate of drug-likeness (QED) is 0.451. The molecule has 0 aliphatic rings. The van der Waals surface area contributed by atoms with Gasteiger partial charge in [-0.1, -0.05) is 36.4 Å². The van der Waals surface area contributed by atoms with E-state index in [2.05, 4.69) is 10.9 Å². The molecule has 0 spiro atoms. The fourth-order valence-corrected chi connectivity index (χ4v) is 2.50. The van der Waals surface area contributed by atoms with Crippen molar-refractivity contribution in [2.24, 2.45) is 0 Å². The van der Waals surface area contributed by atoms with Gasteiger partial charge >= 0.3 is 5.97 Å². The molecule has 31 heavy (non-hydrogen) atoms. The Hall–Kier alpha value is -4.20. The smallest absolute Gasteiger partial charge is 0.338 e. The van der Waals surface area contributed by atoms with Crippen LogP contribution in [0.25, 0.3) is 0 Å². The summed E-state index contributed by atoms with van der Waals surface area (Å²) >= 11 is 0. The monoisotopic (exact) mass is 422 g/mol. The largest absolute Gasteiger partial charge is 0.489 e. The molecule has 0 bridgehead atoms. The van der Waals surface area contributed by atoms with Gasteiger partial charge in [0.05, 0.1) is 5.56 Å². The Morgan fingerprint density at radius 2 is 1.52 bits per heavy atom. The van der Waals surface area contributed by atoms with E-state index in [1.54, 1.807) is 54.6 Å². The minimum Gasteiger partial charge on any atom is -0.489 e. The van der Waals surface area contributed by atoms with Gasteiger partial charge in [0.2, 0.25) is 0 Å². The summed E-state index contributed by atoms with van der Waals surface area (Å²) in [4.78, 5) is 35.9. The topological polar surface area (TPSA) is 93.7 Å². The fourth-order valence-electron chi connectivity index (χ4n) is 2.50. The second-order valence-electron chi connectivity index (χ2n) is 6.39. The van der Waals surface area contributed by atoms with Crippen LogP contribution in [0.3, 0.4) is 0 Å². The molecule has 0 unspecified atom stereocenters. The molecule has 158 valence electrons. The Morgan fingerprint density at radius 3 is 2.26 bits per heavy atom. The van der Waals surface area contributed by atoms with E-state index in [1.807, 2.05) is 0 Å². The lowest BCUT2D eigenvalue weighted by Crippen LogP contribution is -2.43. The van der Waals surface area contributed by atoms with E-state index in [0.29, 0.717) is 11.3 Å². The molecular formula is C23H19FN2O5. The number of carbonyl (C=O) groups excluding carboxylic acids is 3. The molecule has 7 nitrogen and oxygen atoms in total. The van der Waals surface area contributed by atoms with Gasteiger partial charge in [-0.2, -0.15) is 0 Å². The number of hydrogen-bond donors (Lipinski definition) is 2. The Labute approximate surface area is 177 Å². The predicted octanol–water partition coefficient (Wildman–Crippen LogP) is 3.02. The van der Waals surface area contributed by atoms with Gasteiger partial charge in [-0.15, -0.1) is 0 Å². The molecule has 8 heteroatoms. The minimum absolute atomic E-state index is 0.192. The van der Waals surface area contributed by atoms with E-state index in [-0.39, 0.29) is 18.0 Å². The van der Waals surface area contributed by atoms with Crippen molar-refractivity contribution in [1.82, 2.24) is 10.9 Å². The molecule has 0 aliphatic carbocycles. The van der Waals surface area contributed by atoms with Crippen molar-refractivity contribution in [2.45, 2.75) is 6.61 Å². The third-order valence-corrected chi connectivity index (χ3v) is 4.07. The number of amides is 2. The van der Waals surface area contributed by atoms with Crippen LogP contribution in [-0.4, -0.2) is 24.4 Å². The molecule has 0 aliphatic heterocycles. The number of esters is 1. The predicted molar refractivity (Wildman–Crippen MR) is 110 cm³/mol.